The molecule has 0 fully saturated rings. The molecule has 2 N–H and O–H groups in total. The topological polar surface area (TPSA) is 93.1 Å². The SMILES string of the molecule is CNC(=O)CNC(=O)CSc1nc2ccccc2c(=O)n1-c1cccc(Cl)c1. The Bertz CT molecular complexity index is 1100. The fourth-order valence-corrected chi connectivity index (χ4v) is 3.53. The van der Waals surface area contributed by atoms with E-state index in [0.29, 0.717) is 26.8 Å². The third-order valence-electron chi connectivity index (χ3n) is 3.87. The molecule has 3 aromatic rings. The molecule has 0 atom stereocenters. The van der Waals surface area contributed by atoms with Crippen LogP contribution in [0.2, 0.25) is 5.02 Å². The minimum atomic E-state index is -0.339. The molecule has 3 rings (SSSR count). The van der Waals surface area contributed by atoms with Crippen LogP contribution >= 0.6 is 23.4 Å². The number of para-hydroxylation sites is 1. The molecule has 0 bridgehead atoms. The number of likely N-dealkylation sites (N-methyl/N-ethyl adjacent to an activating group) is 1. The molecule has 2 aromatic carbocycles. The van der Waals surface area contributed by atoms with Crippen molar-refractivity contribution in [3.05, 3.63) is 63.9 Å². The first-order valence-electron chi connectivity index (χ1n) is 8.37. The number of nitrogens with one attached hydrogen (secondary N) is 2. The number of hydrogen-bond donors (Lipinski definition) is 2. The van der Waals surface area contributed by atoms with E-state index in [2.05, 4.69) is 15.6 Å². The molecule has 0 spiro atoms. The van der Waals surface area contributed by atoms with Crippen LogP contribution in [0.5, 0.6) is 0 Å². The third-order valence-corrected chi connectivity index (χ3v) is 5.04. The predicted octanol–water partition coefficient (Wildman–Crippen LogP) is 1.99. The molecule has 0 aliphatic heterocycles. The van der Waals surface area contributed by atoms with Gasteiger partial charge in [-0.25, -0.2) is 4.98 Å². The highest BCUT2D eigenvalue weighted by Crippen LogP contribution is 2.22. The summed E-state index contributed by atoms with van der Waals surface area (Å²) in [6, 6.07) is 13.9. The van der Waals surface area contributed by atoms with Gasteiger partial charge in [-0.2, -0.15) is 0 Å². The zero-order valence-electron chi connectivity index (χ0n) is 14.9. The molecule has 2 amide bonds. The van der Waals surface area contributed by atoms with Gasteiger partial charge in [0.2, 0.25) is 11.8 Å². The monoisotopic (exact) mass is 416 g/mol. The minimum Gasteiger partial charge on any atom is -0.358 e. The maximum absolute atomic E-state index is 13.1. The zero-order valence-corrected chi connectivity index (χ0v) is 16.5. The summed E-state index contributed by atoms with van der Waals surface area (Å²) in [5.41, 5.74) is 0.851. The van der Waals surface area contributed by atoms with Gasteiger partial charge in [0.25, 0.3) is 5.56 Å². The Morgan fingerprint density at radius 2 is 1.93 bits per heavy atom. The molecule has 28 heavy (non-hydrogen) atoms. The van der Waals surface area contributed by atoms with E-state index in [0.717, 1.165) is 11.8 Å². The number of thioether (sulfide) groups is 1. The molecule has 144 valence electrons. The summed E-state index contributed by atoms with van der Waals surface area (Å²) < 4.78 is 1.44. The minimum absolute atomic E-state index is 0.00232. The summed E-state index contributed by atoms with van der Waals surface area (Å²) in [4.78, 5) is 40.9. The number of fused-ring (bicyclic) bond motifs is 1. The van der Waals surface area contributed by atoms with Crippen molar-refractivity contribution < 1.29 is 9.59 Å². The molecule has 1 aromatic heterocycles. The van der Waals surface area contributed by atoms with Crippen LogP contribution in [0.3, 0.4) is 0 Å². The fourth-order valence-electron chi connectivity index (χ4n) is 2.50. The first-order valence-corrected chi connectivity index (χ1v) is 9.74. The lowest BCUT2D eigenvalue weighted by Gasteiger charge is -2.13. The van der Waals surface area contributed by atoms with Crippen molar-refractivity contribution in [2.24, 2.45) is 0 Å². The fraction of sp³-hybridized carbons (Fsp3) is 0.158. The Hall–Kier alpha value is -2.84. The Balaban J connectivity index is 1.96. The second-order valence-electron chi connectivity index (χ2n) is 5.77. The van der Waals surface area contributed by atoms with Crippen LogP contribution in [0.4, 0.5) is 0 Å². The average Bonchev–Trinajstić information content (AvgIpc) is 2.70. The Labute approximate surface area is 170 Å². The number of carbonyl (C=O) groups is 2. The molecule has 0 aliphatic carbocycles. The highest BCUT2D eigenvalue weighted by molar-refractivity contribution is 7.99. The average molecular weight is 417 g/mol. The molecular weight excluding hydrogens is 400 g/mol. The van der Waals surface area contributed by atoms with Crippen LogP contribution in [0.25, 0.3) is 16.6 Å². The Morgan fingerprint density at radius 1 is 1.14 bits per heavy atom. The number of amides is 2. The van der Waals surface area contributed by atoms with Crippen molar-refractivity contribution >= 4 is 46.1 Å². The maximum atomic E-state index is 13.1. The summed E-state index contributed by atoms with van der Waals surface area (Å²) >= 11 is 7.19. The van der Waals surface area contributed by atoms with Crippen LogP contribution in [0.1, 0.15) is 0 Å². The number of carbonyl (C=O) groups excluding carboxylic acids is 2. The highest BCUT2D eigenvalue weighted by atomic mass is 35.5. The molecule has 0 aliphatic rings. The van der Waals surface area contributed by atoms with Gasteiger partial charge in [-0.1, -0.05) is 41.6 Å². The number of aromatic nitrogens is 2. The van der Waals surface area contributed by atoms with Crippen molar-refractivity contribution in [2.75, 3.05) is 19.3 Å². The van der Waals surface area contributed by atoms with E-state index in [-0.39, 0.29) is 29.7 Å². The largest absolute Gasteiger partial charge is 0.358 e. The lowest BCUT2D eigenvalue weighted by Crippen LogP contribution is -2.36. The first-order chi connectivity index (χ1) is 13.5. The van der Waals surface area contributed by atoms with Crippen LogP contribution in [-0.4, -0.2) is 40.7 Å². The van der Waals surface area contributed by atoms with Gasteiger partial charge in [0, 0.05) is 12.1 Å². The first kappa shape index (κ1) is 19.9. The van der Waals surface area contributed by atoms with Crippen LogP contribution in [0, 0.1) is 0 Å². The van der Waals surface area contributed by atoms with E-state index in [4.69, 9.17) is 11.6 Å². The molecule has 0 radical (unpaired) electrons. The molecule has 0 unspecified atom stereocenters. The summed E-state index contributed by atoms with van der Waals surface area (Å²) in [5, 5.41) is 6.26. The smallest absolute Gasteiger partial charge is 0.266 e. The van der Waals surface area contributed by atoms with Crippen molar-refractivity contribution in [3.8, 4) is 5.69 Å². The van der Waals surface area contributed by atoms with E-state index in [1.165, 1.54) is 11.6 Å². The number of halogens is 1. The van der Waals surface area contributed by atoms with Crippen LogP contribution in [0.15, 0.2) is 58.5 Å². The van der Waals surface area contributed by atoms with Crippen molar-refractivity contribution in [1.29, 1.82) is 0 Å². The standard InChI is InChI=1S/C19H17ClN4O3S/c1-21-16(25)10-22-17(26)11-28-19-23-15-8-3-2-7-14(15)18(27)24(19)13-6-4-5-12(20)9-13/h2-9H,10-11H2,1H3,(H,21,25)(H,22,26). The highest BCUT2D eigenvalue weighted by Gasteiger charge is 2.15. The number of hydrogen-bond acceptors (Lipinski definition) is 5. The number of rotatable bonds is 6. The molecule has 0 saturated carbocycles. The lowest BCUT2D eigenvalue weighted by atomic mass is 10.2. The van der Waals surface area contributed by atoms with Gasteiger partial charge in [0.15, 0.2) is 5.16 Å². The van der Waals surface area contributed by atoms with Gasteiger partial charge in [-0.3, -0.25) is 19.0 Å². The van der Waals surface area contributed by atoms with Gasteiger partial charge < -0.3 is 10.6 Å². The zero-order chi connectivity index (χ0) is 20.1. The van der Waals surface area contributed by atoms with Gasteiger partial charge in [-0.05, 0) is 30.3 Å². The molecular formula is C19H17ClN4O3S. The normalized spacial score (nSPS) is 10.6. The summed E-state index contributed by atoms with van der Waals surface area (Å²) in [5.74, 6) is -0.630. The Kier molecular flexibility index (Phi) is 6.33. The summed E-state index contributed by atoms with van der Waals surface area (Å²) in [6.07, 6.45) is 0. The van der Waals surface area contributed by atoms with E-state index in [1.54, 1.807) is 48.5 Å². The predicted molar refractivity (Wildman–Crippen MR) is 110 cm³/mol. The van der Waals surface area contributed by atoms with Gasteiger partial charge >= 0.3 is 0 Å². The molecule has 1 heterocycles. The number of nitrogens with zero attached hydrogens (tertiary/aromatic N) is 2. The molecule has 9 heteroatoms. The maximum Gasteiger partial charge on any atom is 0.266 e. The van der Waals surface area contributed by atoms with Crippen molar-refractivity contribution in [2.45, 2.75) is 5.16 Å². The summed E-state index contributed by atoms with van der Waals surface area (Å²) in [6.45, 7) is -0.109. The number of benzene rings is 2. The van der Waals surface area contributed by atoms with E-state index in [1.807, 2.05) is 0 Å². The second-order valence-corrected chi connectivity index (χ2v) is 7.15. The van der Waals surface area contributed by atoms with Crippen molar-refractivity contribution in [1.82, 2.24) is 20.2 Å². The summed E-state index contributed by atoms with van der Waals surface area (Å²) in [7, 11) is 1.49. The quantitative estimate of drug-likeness (QED) is 0.473. The van der Waals surface area contributed by atoms with E-state index < -0.39 is 0 Å². The lowest BCUT2D eigenvalue weighted by molar-refractivity contribution is -0.124. The Morgan fingerprint density at radius 3 is 2.68 bits per heavy atom. The van der Waals surface area contributed by atoms with Crippen LogP contribution in [-0.2, 0) is 9.59 Å². The molecule has 0 saturated heterocycles. The molecule has 7 nitrogen and oxygen atoms in total. The third kappa shape index (κ3) is 4.52. The van der Waals surface area contributed by atoms with Crippen LogP contribution < -0.4 is 16.2 Å². The van der Waals surface area contributed by atoms with Gasteiger partial charge in [-0.15, -0.1) is 0 Å². The van der Waals surface area contributed by atoms with Gasteiger partial charge in [0.05, 0.1) is 28.9 Å². The van der Waals surface area contributed by atoms with Crippen molar-refractivity contribution in [3.63, 3.8) is 0 Å². The van der Waals surface area contributed by atoms with E-state index in [9.17, 15) is 14.4 Å². The van der Waals surface area contributed by atoms with Gasteiger partial charge in [0.1, 0.15) is 0 Å². The second kappa shape index (κ2) is 8.90. The van der Waals surface area contributed by atoms with E-state index >= 15 is 0 Å².